The van der Waals surface area contributed by atoms with Crippen LogP contribution in [0.2, 0.25) is 0 Å². The number of hydrogen-bond donors (Lipinski definition) is 0. The van der Waals surface area contributed by atoms with Crippen LogP contribution in [-0.4, -0.2) is 38.4 Å². The molecule has 2 aliphatic rings. The zero-order valence-corrected chi connectivity index (χ0v) is 19.3. The zero-order valence-electron chi connectivity index (χ0n) is 17.6. The average Bonchev–Trinajstić information content (AvgIpc) is 2.83. The Hall–Kier alpha value is -2.70. The van der Waals surface area contributed by atoms with Gasteiger partial charge in [0.05, 0.1) is 5.75 Å². The standard InChI is InChI=1S/C26H24N2O2S2/c29-24(21-11-9-20(10-12-21)19-5-2-1-3-6-19)17-32-26(31)27-14-18-13-22(16-27)23-7-4-8-25(30)28(23)15-18/h1-12,18,22H,13-17H2. The summed E-state index contributed by atoms with van der Waals surface area (Å²) in [5, 5.41) is 0. The number of aromatic nitrogens is 1. The largest absolute Gasteiger partial charge is 0.356 e. The van der Waals surface area contributed by atoms with Gasteiger partial charge in [-0.15, -0.1) is 0 Å². The van der Waals surface area contributed by atoms with E-state index in [4.69, 9.17) is 12.2 Å². The predicted octanol–water partition coefficient (Wildman–Crippen LogP) is 4.84. The van der Waals surface area contributed by atoms with E-state index in [1.54, 1.807) is 6.07 Å². The molecule has 5 rings (SSSR count). The van der Waals surface area contributed by atoms with Crippen LogP contribution in [0, 0.1) is 5.92 Å². The average molecular weight is 461 g/mol. The monoisotopic (exact) mass is 460 g/mol. The van der Waals surface area contributed by atoms with E-state index in [0.29, 0.717) is 23.2 Å². The number of nitrogens with zero attached hydrogens (tertiary/aromatic N) is 2. The van der Waals surface area contributed by atoms with Gasteiger partial charge in [0, 0.05) is 42.9 Å². The number of fused-ring (bicyclic) bond motifs is 4. The number of thioether (sulfide) groups is 1. The second kappa shape index (κ2) is 9.04. The Morgan fingerprint density at radius 1 is 0.906 bits per heavy atom. The molecule has 2 aliphatic heterocycles. The number of rotatable bonds is 4. The number of Topliss-reactive ketones (excluding diaryl/α,β-unsaturated/α-hetero) is 1. The fraction of sp³-hybridized carbons (Fsp3) is 0.269. The van der Waals surface area contributed by atoms with Crippen molar-refractivity contribution in [1.29, 1.82) is 0 Å². The lowest BCUT2D eigenvalue weighted by atomic mass is 9.83. The van der Waals surface area contributed by atoms with Crippen LogP contribution in [0.15, 0.2) is 77.6 Å². The van der Waals surface area contributed by atoms with Crippen molar-refractivity contribution < 1.29 is 4.79 Å². The molecule has 0 amide bonds. The second-order valence-electron chi connectivity index (χ2n) is 8.52. The van der Waals surface area contributed by atoms with Gasteiger partial charge in [-0.2, -0.15) is 0 Å². The summed E-state index contributed by atoms with van der Waals surface area (Å²) in [6.45, 7) is 2.41. The summed E-state index contributed by atoms with van der Waals surface area (Å²) in [6.07, 6.45) is 1.10. The molecule has 32 heavy (non-hydrogen) atoms. The molecule has 0 radical (unpaired) electrons. The lowest BCUT2D eigenvalue weighted by Gasteiger charge is -2.43. The Morgan fingerprint density at radius 3 is 2.44 bits per heavy atom. The first kappa shape index (κ1) is 21.2. The molecule has 3 heterocycles. The zero-order chi connectivity index (χ0) is 22.1. The molecular weight excluding hydrogens is 436 g/mol. The number of hydrogen-bond acceptors (Lipinski definition) is 4. The van der Waals surface area contributed by atoms with Crippen LogP contribution in [-0.2, 0) is 6.54 Å². The minimum absolute atomic E-state index is 0.0889. The van der Waals surface area contributed by atoms with Gasteiger partial charge < -0.3 is 9.47 Å². The van der Waals surface area contributed by atoms with Crippen molar-refractivity contribution in [2.45, 2.75) is 18.9 Å². The minimum Gasteiger partial charge on any atom is -0.356 e. The van der Waals surface area contributed by atoms with Crippen molar-refractivity contribution in [2.24, 2.45) is 5.92 Å². The molecular formula is C26H24N2O2S2. The molecule has 1 aromatic heterocycles. The molecule has 3 aromatic rings. The highest BCUT2D eigenvalue weighted by Crippen LogP contribution is 2.36. The van der Waals surface area contributed by atoms with E-state index in [1.807, 2.05) is 53.1 Å². The molecule has 2 aromatic carbocycles. The van der Waals surface area contributed by atoms with Crippen molar-refractivity contribution in [3.63, 3.8) is 0 Å². The molecule has 1 fully saturated rings. The SMILES string of the molecule is O=C(CSC(=S)N1CC2CC(C1)c1cccc(=O)n1C2)c1ccc(-c2ccccc2)cc1. The van der Waals surface area contributed by atoms with Gasteiger partial charge in [0.2, 0.25) is 0 Å². The molecule has 2 unspecified atom stereocenters. The van der Waals surface area contributed by atoms with Crippen molar-refractivity contribution in [2.75, 3.05) is 18.8 Å². The van der Waals surface area contributed by atoms with Gasteiger partial charge in [-0.25, -0.2) is 0 Å². The smallest absolute Gasteiger partial charge is 0.250 e. The van der Waals surface area contributed by atoms with Crippen LogP contribution in [0.1, 0.15) is 28.4 Å². The van der Waals surface area contributed by atoms with E-state index >= 15 is 0 Å². The number of likely N-dealkylation sites (tertiary alicyclic amines) is 1. The Bertz CT molecular complexity index is 1200. The summed E-state index contributed by atoms with van der Waals surface area (Å²) in [6, 6.07) is 23.5. The van der Waals surface area contributed by atoms with Crippen LogP contribution in [0.5, 0.6) is 0 Å². The minimum atomic E-state index is 0.0889. The molecule has 2 bridgehead atoms. The molecule has 2 atom stereocenters. The van der Waals surface area contributed by atoms with E-state index in [9.17, 15) is 9.59 Å². The van der Waals surface area contributed by atoms with E-state index < -0.39 is 0 Å². The maximum absolute atomic E-state index is 12.7. The fourth-order valence-corrected chi connectivity index (χ4v) is 5.91. The fourth-order valence-electron chi connectivity index (χ4n) is 4.83. The number of ketones is 1. The Morgan fingerprint density at radius 2 is 1.66 bits per heavy atom. The van der Waals surface area contributed by atoms with Crippen molar-refractivity contribution in [1.82, 2.24) is 9.47 Å². The summed E-state index contributed by atoms with van der Waals surface area (Å²) in [7, 11) is 0. The van der Waals surface area contributed by atoms with E-state index in [0.717, 1.165) is 47.2 Å². The third-order valence-corrected chi connectivity index (χ3v) is 7.90. The van der Waals surface area contributed by atoms with Gasteiger partial charge in [0.1, 0.15) is 4.32 Å². The first-order valence-electron chi connectivity index (χ1n) is 10.9. The number of carbonyl (C=O) groups is 1. The van der Waals surface area contributed by atoms with Gasteiger partial charge in [-0.1, -0.05) is 84.6 Å². The van der Waals surface area contributed by atoms with Gasteiger partial charge >= 0.3 is 0 Å². The number of thiocarbonyl (C=S) groups is 1. The third kappa shape index (κ3) is 4.30. The molecule has 0 aliphatic carbocycles. The summed E-state index contributed by atoms with van der Waals surface area (Å²) < 4.78 is 2.70. The molecule has 6 heteroatoms. The summed E-state index contributed by atoms with van der Waals surface area (Å²) in [4.78, 5) is 27.2. The van der Waals surface area contributed by atoms with Gasteiger partial charge in [0.15, 0.2) is 5.78 Å². The predicted molar refractivity (Wildman–Crippen MR) is 134 cm³/mol. The normalized spacial score (nSPS) is 19.3. The molecule has 0 N–H and O–H groups in total. The Balaban J connectivity index is 1.20. The first-order chi connectivity index (χ1) is 15.6. The highest BCUT2D eigenvalue weighted by molar-refractivity contribution is 8.23. The number of carbonyl (C=O) groups excluding carboxylic acids is 1. The number of piperidine rings is 1. The van der Waals surface area contributed by atoms with Crippen LogP contribution >= 0.6 is 24.0 Å². The van der Waals surface area contributed by atoms with E-state index in [1.165, 1.54) is 11.8 Å². The van der Waals surface area contributed by atoms with Crippen LogP contribution in [0.25, 0.3) is 11.1 Å². The van der Waals surface area contributed by atoms with E-state index in [-0.39, 0.29) is 11.3 Å². The Labute approximate surface area is 197 Å². The van der Waals surface area contributed by atoms with Crippen LogP contribution in [0.4, 0.5) is 0 Å². The van der Waals surface area contributed by atoms with Gasteiger partial charge in [-0.3, -0.25) is 9.59 Å². The number of benzene rings is 2. The molecule has 1 saturated heterocycles. The lowest BCUT2D eigenvalue weighted by molar-refractivity contribution is 0.102. The quantitative estimate of drug-likeness (QED) is 0.412. The maximum atomic E-state index is 12.7. The highest BCUT2D eigenvalue weighted by Gasteiger charge is 2.35. The molecule has 162 valence electrons. The highest BCUT2D eigenvalue weighted by atomic mass is 32.2. The summed E-state index contributed by atoms with van der Waals surface area (Å²) in [5.41, 5.74) is 4.15. The molecule has 0 saturated carbocycles. The van der Waals surface area contributed by atoms with Crippen LogP contribution < -0.4 is 5.56 Å². The van der Waals surface area contributed by atoms with Crippen molar-refractivity contribution in [3.05, 3.63) is 94.4 Å². The maximum Gasteiger partial charge on any atom is 0.250 e. The van der Waals surface area contributed by atoms with Crippen molar-refractivity contribution in [3.8, 4) is 11.1 Å². The molecule has 0 spiro atoms. The lowest BCUT2D eigenvalue weighted by Crippen LogP contribution is -2.48. The number of pyridine rings is 1. The third-order valence-electron chi connectivity index (χ3n) is 6.38. The van der Waals surface area contributed by atoms with Gasteiger partial charge in [0.25, 0.3) is 5.56 Å². The van der Waals surface area contributed by atoms with Crippen molar-refractivity contribution >= 4 is 34.1 Å². The van der Waals surface area contributed by atoms with Crippen LogP contribution in [0.3, 0.4) is 0 Å². The second-order valence-corrected chi connectivity index (χ2v) is 10.1. The Kier molecular flexibility index (Phi) is 5.98. The summed E-state index contributed by atoms with van der Waals surface area (Å²) in [5.74, 6) is 1.16. The van der Waals surface area contributed by atoms with Gasteiger partial charge in [-0.05, 0) is 29.5 Å². The van der Waals surface area contributed by atoms with E-state index in [2.05, 4.69) is 23.1 Å². The summed E-state index contributed by atoms with van der Waals surface area (Å²) >= 11 is 7.15. The molecule has 4 nitrogen and oxygen atoms in total. The first-order valence-corrected chi connectivity index (χ1v) is 12.3. The topological polar surface area (TPSA) is 42.3 Å².